The molecule has 6 nitrogen and oxygen atoms in total. The summed E-state index contributed by atoms with van der Waals surface area (Å²) in [5.41, 5.74) is 0.297. The van der Waals surface area contributed by atoms with E-state index in [1.165, 1.54) is 4.52 Å². The van der Waals surface area contributed by atoms with Crippen LogP contribution in [0.4, 0.5) is 19.0 Å². The highest BCUT2D eigenvalue weighted by Crippen LogP contribution is 2.39. The van der Waals surface area contributed by atoms with E-state index in [0.29, 0.717) is 49.8 Å². The molecule has 0 radical (unpaired) electrons. The monoisotopic (exact) mass is 400 g/mol. The number of nitrogens with zero attached hydrogens (tertiary/aromatic N) is 6. The Balaban J connectivity index is 1.86. The highest BCUT2D eigenvalue weighted by molar-refractivity contribution is 5.81. The van der Waals surface area contributed by atoms with E-state index in [4.69, 9.17) is 5.26 Å². The van der Waals surface area contributed by atoms with Crippen LogP contribution in [0.2, 0.25) is 0 Å². The molecule has 3 heterocycles. The number of hydrogen-bond acceptors (Lipinski definition) is 5. The van der Waals surface area contributed by atoms with Crippen LogP contribution in [-0.2, 0) is 6.18 Å². The minimum Gasteiger partial charge on any atom is -0.354 e. The average molecular weight is 400 g/mol. The van der Waals surface area contributed by atoms with Crippen LogP contribution in [0.3, 0.4) is 0 Å². The van der Waals surface area contributed by atoms with Crippen molar-refractivity contribution in [3.63, 3.8) is 0 Å². The summed E-state index contributed by atoms with van der Waals surface area (Å²) in [6, 6.07) is 12.3. The molecule has 9 heteroatoms. The van der Waals surface area contributed by atoms with Crippen LogP contribution in [0.1, 0.15) is 11.4 Å². The fourth-order valence-corrected chi connectivity index (χ4v) is 3.65. The Kier molecular flexibility index (Phi) is 4.88. The number of alkyl halides is 3. The molecule has 4 rings (SSSR count). The Labute approximate surface area is 165 Å². The van der Waals surface area contributed by atoms with Gasteiger partial charge >= 0.3 is 6.18 Å². The lowest BCUT2D eigenvalue weighted by molar-refractivity contribution is -0.140. The third-order valence-electron chi connectivity index (χ3n) is 5.02. The zero-order valence-corrected chi connectivity index (χ0v) is 15.8. The maximum absolute atomic E-state index is 13.8. The average Bonchev–Trinajstić information content (AvgIpc) is 3.09. The van der Waals surface area contributed by atoms with E-state index < -0.39 is 11.9 Å². The second-order valence-corrected chi connectivity index (χ2v) is 7.00. The SMILES string of the molecule is Cc1cc(N2CCN(CC#N)CC2)n2nc(C(F)(F)F)c(-c3ccccc3)c2n1. The predicted octanol–water partition coefficient (Wildman–Crippen LogP) is 3.37. The van der Waals surface area contributed by atoms with Crippen LogP contribution in [0.15, 0.2) is 36.4 Å². The minimum atomic E-state index is -4.60. The van der Waals surface area contributed by atoms with Crippen molar-refractivity contribution in [2.75, 3.05) is 37.6 Å². The highest BCUT2D eigenvalue weighted by atomic mass is 19.4. The Morgan fingerprint density at radius 2 is 1.79 bits per heavy atom. The quantitative estimate of drug-likeness (QED) is 0.631. The Morgan fingerprint density at radius 1 is 1.10 bits per heavy atom. The van der Waals surface area contributed by atoms with Crippen LogP contribution in [-0.4, -0.2) is 52.2 Å². The van der Waals surface area contributed by atoms with Crippen LogP contribution in [0.5, 0.6) is 0 Å². The topological polar surface area (TPSA) is 60.5 Å². The molecule has 1 saturated heterocycles. The van der Waals surface area contributed by atoms with Gasteiger partial charge in [-0.2, -0.15) is 28.0 Å². The molecule has 0 amide bonds. The van der Waals surface area contributed by atoms with E-state index in [2.05, 4.69) is 16.2 Å². The number of anilines is 1. The summed E-state index contributed by atoms with van der Waals surface area (Å²) < 4.78 is 42.8. The molecular formula is C20H19F3N6. The molecule has 2 aromatic heterocycles. The smallest absolute Gasteiger partial charge is 0.354 e. The van der Waals surface area contributed by atoms with Gasteiger partial charge in [0, 0.05) is 37.9 Å². The van der Waals surface area contributed by atoms with Crippen molar-refractivity contribution in [1.29, 1.82) is 5.26 Å². The Bertz CT molecular complexity index is 1060. The number of benzene rings is 1. The number of hydrogen-bond donors (Lipinski definition) is 0. The third kappa shape index (κ3) is 3.63. The molecule has 0 N–H and O–H groups in total. The number of piperazine rings is 1. The summed E-state index contributed by atoms with van der Waals surface area (Å²) in [6.45, 7) is 4.64. The Morgan fingerprint density at radius 3 is 2.41 bits per heavy atom. The molecule has 0 saturated carbocycles. The first kappa shape index (κ1) is 19.2. The molecule has 1 fully saturated rings. The highest BCUT2D eigenvalue weighted by Gasteiger charge is 2.39. The number of aryl methyl sites for hydroxylation is 1. The van der Waals surface area contributed by atoms with Crippen LogP contribution < -0.4 is 4.90 Å². The van der Waals surface area contributed by atoms with E-state index in [1.54, 1.807) is 43.3 Å². The van der Waals surface area contributed by atoms with E-state index in [1.807, 2.05) is 9.80 Å². The molecule has 1 aliphatic rings. The maximum Gasteiger partial charge on any atom is 0.435 e. The van der Waals surface area contributed by atoms with Gasteiger partial charge in [0.25, 0.3) is 0 Å². The molecule has 0 atom stereocenters. The lowest BCUT2D eigenvalue weighted by atomic mass is 10.1. The molecule has 3 aromatic rings. The lowest BCUT2D eigenvalue weighted by Gasteiger charge is -2.34. The van der Waals surface area contributed by atoms with E-state index in [0.717, 1.165) is 0 Å². The molecule has 0 aliphatic carbocycles. The maximum atomic E-state index is 13.8. The van der Waals surface area contributed by atoms with Gasteiger partial charge in [-0.05, 0) is 12.5 Å². The first-order valence-corrected chi connectivity index (χ1v) is 9.25. The van der Waals surface area contributed by atoms with Crippen LogP contribution >= 0.6 is 0 Å². The second-order valence-electron chi connectivity index (χ2n) is 7.00. The standard InChI is InChI=1S/C20H19F3N6/c1-14-13-16(28-11-9-27(8-7-24)10-12-28)29-19(25-14)17(15-5-3-2-4-6-15)18(26-29)20(21,22)23/h2-6,13H,8-12H2,1H3. The van der Waals surface area contributed by atoms with E-state index >= 15 is 0 Å². The number of rotatable bonds is 3. The molecule has 1 aromatic carbocycles. The van der Waals surface area contributed by atoms with Crippen LogP contribution in [0, 0.1) is 18.3 Å². The van der Waals surface area contributed by atoms with Gasteiger partial charge in [0.1, 0.15) is 5.82 Å². The number of aromatic nitrogens is 3. The third-order valence-corrected chi connectivity index (χ3v) is 5.02. The van der Waals surface area contributed by atoms with Crippen LogP contribution in [0.25, 0.3) is 16.8 Å². The van der Waals surface area contributed by atoms with E-state index in [9.17, 15) is 13.2 Å². The first-order valence-electron chi connectivity index (χ1n) is 9.25. The second kappa shape index (κ2) is 7.37. The Hall–Kier alpha value is -3.12. The molecule has 1 aliphatic heterocycles. The summed E-state index contributed by atoms with van der Waals surface area (Å²) in [5, 5.41) is 12.8. The van der Waals surface area contributed by atoms with Gasteiger partial charge in [0.2, 0.25) is 0 Å². The van der Waals surface area contributed by atoms with Gasteiger partial charge in [-0.3, -0.25) is 4.90 Å². The summed E-state index contributed by atoms with van der Waals surface area (Å²) in [4.78, 5) is 8.42. The molecule has 150 valence electrons. The first-order chi connectivity index (χ1) is 13.9. The van der Waals surface area contributed by atoms with Gasteiger partial charge in [0.05, 0.1) is 18.2 Å². The van der Waals surface area contributed by atoms with Gasteiger partial charge in [-0.15, -0.1) is 0 Å². The molecular weight excluding hydrogens is 381 g/mol. The normalized spacial score (nSPS) is 15.6. The summed E-state index contributed by atoms with van der Waals surface area (Å²) in [5.74, 6) is 0.580. The predicted molar refractivity (Wildman–Crippen MR) is 102 cm³/mol. The minimum absolute atomic E-state index is 0.00818. The van der Waals surface area contributed by atoms with E-state index in [-0.39, 0.29) is 11.2 Å². The summed E-state index contributed by atoms with van der Waals surface area (Å²) >= 11 is 0. The van der Waals surface area contributed by atoms with Gasteiger partial charge < -0.3 is 4.90 Å². The molecule has 29 heavy (non-hydrogen) atoms. The fraction of sp³-hybridized carbons (Fsp3) is 0.350. The summed E-state index contributed by atoms with van der Waals surface area (Å²) in [6.07, 6.45) is -4.60. The van der Waals surface area contributed by atoms with Crippen molar-refractivity contribution in [3.8, 4) is 17.2 Å². The van der Waals surface area contributed by atoms with Crippen molar-refractivity contribution in [2.45, 2.75) is 13.1 Å². The van der Waals surface area contributed by atoms with Crippen molar-refractivity contribution in [2.24, 2.45) is 0 Å². The van der Waals surface area contributed by atoms with Gasteiger partial charge in [-0.25, -0.2) is 4.98 Å². The van der Waals surface area contributed by atoms with Crippen molar-refractivity contribution in [3.05, 3.63) is 47.8 Å². The molecule has 0 spiro atoms. The zero-order chi connectivity index (χ0) is 20.6. The van der Waals surface area contributed by atoms with Gasteiger partial charge in [0.15, 0.2) is 11.3 Å². The molecule has 0 bridgehead atoms. The molecule has 0 unspecified atom stereocenters. The lowest BCUT2D eigenvalue weighted by Crippen LogP contribution is -2.47. The largest absolute Gasteiger partial charge is 0.435 e. The van der Waals surface area contributed by atoms with Gasteiger partial charge in [-0.1, -0.05) is 30.3 Å². The zero-order valence-electron chi connectivity index (χ0n) is 15.8. The van der Waals surface area contributed by atoms with Crippen molar-refractivity contribution >= 4 is 11.5 Å². The summed E-state index contributed by atoms with van der Waals surface area (Å²) in [7, 11) is 0. The van der Waals surface area contributed by atoms with Crippen molar-refractivity contribution in [1.82, 2.24) is 19.5 Å². The van der Waals surface area contributed by atoms with Crippen molar-refractivity contribution < 1.29 is 13.2 Å². The number of halogens is 3. The fourth-order valence-electron chi connectivity index (χ4n) is 3.65. The number of nitriles is 1. The number of fused-ring (bicyclic) bond motifs is 1.